The molecule has 2 heterocycles. The summed E-state index contributed by atoms with van der Waals surface area (Å²) in [4.78, 5) is 18.4. The maximum Gasteiger partial charge on any atom is 0.266 e. The number of anilines is 1. The molecule has 0 N–H and O–H groups in total. The summed E-state index contributed by atoms with van der Waals surface area (Å²) < 4.78 is 5.30. The van der Waals surface area contributed by atoms with Gasteiger partial charge < -0.3 is 9.42 Å². The Bertz CT molecular complexity index is 424. The van der Waals surface area contributed by atoms with E-state index in [2.05, 4.69) is 15.0 Å². The summed E-state index contributed by atoms with van der Waals surface area (Å²) >= 11 is 0. The summed E-state index contributed by atoms with van der Waals surface area (Å²) in [5.41, 5.74) is 0. The van der Waals surface area contributed by atoms with Crippen molar-refractivity contribution in [1.82, 2.24) is 10.1 Å². The molecule has 1 aromatic heterocycles. The van der Waals surface area contributed by atoms with E-state index in [0.29, 0.717) is 18.3 Å². The van der Waals surface area contributed by atoms with Crippen molar-refractivity contribution in [3.63, 3.8) is 0 Å². The first-order valence-electron chi connectivity index (χ1n) is 6.96. The van der Waals surface area contributed by atoms with E-state index >= 15 is 0 Å². The molecular weight excluding hydrogens is 230 g/mol. The Labute approximate surface area is 107 Å². The number of piperidine rings is 1. The number of Topliss-reactive ketones (excluding diaryl/α,β-unsaturated/α-hetero) is 1. The molecule has 5 nitrogen and oxygen atoms in total. The molecule has 0 bridgehead atoms. The first-order valence-corrected chi connectivity index (χ1v) is 6.96. The number of carbonyl (C=O) groups excluding carboxylic acids is 1. The van der Waals surface area contributed by atoms with Crippen LogP contribution in [0.3, 0.4) is 0 Å². The van der Waals surface area contributed by atoms with Crippen LogP contribution in [0.4, 0.5) is 5.95 Å². The fourth-order valence-electron chi connectivity index (χ4n) is 2.83. The van der Waals surface area contributed by atoms with Crippen LogP contribution in [0.15, 0.2) is 4.52 Å². The predicted octanol–water partition coefficient (Wildman–Crippen LogP) is 2.29. The minimum atomic E-state index is -0.148. The van der Waals surface area contributed by atoms with E-state index in [-0.39, 0.29) is 11.7 Å². The Morgan fingerprint density at radius 1 is 1.11 bits per heavy atom. The predicted molar refractivity (Wildman–Crippen MR) is 66.6 cm³/mol. The van der Waals surface area contributed by atoms with Crippen LogP contribution in [0.2, 0.25) is 0 Å². The molecule has 1 saturated carbocycles. The zero-order valence-corrected chi connectivity index (χ0v) is 10.6. The lowest BCUT2D eigenvalue weighted by Gasteiger charge is -2.24. The molecule has 1 aromatic rings. The second-order valence-electron chi connectivity index (χ2n) is 5.25. The number of hydrogen-bond acceptors (Lipinski definition) is 5. The Morgan fingerprint density at radius 3 is 2.72 bits per heavy atom. The average molecular weight is 249 g/mol. The van der Waals surface area contributed by atoms with Gasteiger partial charge in [0.2, 0.25) is 5.89 Å². The van der Waals surface area contributed by atoms with Crippen molar-refractivity contribution in [2.75, 3.05) is 18.0 Å². The lowest BCUT2D eigenvalue weighted by Crippen LogP contribution is -2.30. The normalized spacial score (nSPS) is 25.4. The fourth-order valence-corrected chi connectivity index (χ4v) is 2.83. The highest BCUT2D eigenvalue weighted by Gasteiger charge is 2.29. The lowest BCUT2D eigenvalue weighted by molar-refractivity contribution is -0.122. The van der Waals surface area contributed by atoms with Crippen molar-refractivity contribution in [2.45, 2.75) is 50.9 Å². The summed E-state index contributed by atoms with van der Waals surface area (Å²) in [5, 5.41) is 4.04. The minimum Gasteiger partial charge on any atom is -0.338 e. The van der Waals surface area contributed by atoms with Crippen LogP contribution in [-0.4, -0.2) is 29.0 Å². The molecule has 2 fully saturated rings. The zero-order valence-electron chi connectivity index (χ0n) is 10.6. The largest absolute Gasteiger partial charge is 0.338 e. The molecule has 2 aliphatic rings. The molecule has 98 valence electrons. The van der Waals surface area contributed by atoms with E-state index in [1.165, 1.54) is 19.3 Å². The molecular formula is C13H19N3O2. The highest BCUT2D eigenvalue weighted by molar-refractivity contribution is 5.85. The first kappa shape index (κ1) is 11.7. The van der Waals surface area contributed by atoms with Crippen molar-refractivity contribution in [3.8, 4) is 0 Å². The fraction of sp³-hybridized carbons (Fsp3) is 0.769. The van der Waals surface area contributed by atoms with Crippen LogP contribution in [0.5, 0.6) is 0 Å². The van der Waals surface area contributed by atoms with Gasteiger partial charge in [-0.25, -0.2) is 0 Å². The van der Waals surface area contributed by atoms with E-state index < -0.39 is 0 Å². The molecule has 0 spiro atoms. The minimum absolute atomic E-state index is 0.148. The van der Waals surface area contributed by atoms with Crippen molar-refractivity contribution < 1.29 is 9.32 Å². The molecule has 1 unspecified atom stereocenters. The maximum atomic E-state index is 11.8. The van der Waals surface area contributed by atoms with Crippen molar-refractivity contribution in [3.05, 3.63) is 5.89 Å². The van der Waals surface area contributed by atoms with Gasteiger partial charge in [0.1, 0.15) is 5.78 Å². The highest BCUT2D eigenvalue weighted by atomic mass is 16.5. The Kier molecular flexibility index (Phi) is 3.30. The molecule has 0 aromatic carbocycles. The molecule has 1 saturated heterocycles. The van der Waals surface area contributed by atoms with Gasteiger partial charge in [-0.1, -0.05) is 6.42 Å². The van der Waals surface area contributed by atoms with E-state index in [9.17, 15) is 4.79 Å². The SMILES string of the molecule is O=C1CCCCC1c1nc(N2CCCCC2)no1. The van der Waals surface area contributed by atoms with Gasteiger partial charge in [0.15, 0.2) is 0 Å². The van der Waals surface area contributed by atoms with E-state index in [4.69, 9.17) is 4.52 Å². The third-order valence-corrected chi connectivity index (χ3v) is 3.92. The van der Waals surface area contributed by atoms with Gasteiger partial charge in [-0.15, -0.1) is 0 Å². The molecule has 0 radical (unpaired) electrons. The van der Waals surface area contributed by atoms with Crippen molar-refractivity contribution in [1.29, 1.82) is 0 Å². The molecule has 1 atom stereocenters. The Balaban J connectivity index is 1.73. The lowest BCUT2D eigenvalue weighted by atomic mass is 9.88. The quantitative estimate of drug-likeness (QED) is 0.804. The van der Waals surface area contributed by atoms with Gasteiger partial charge in [0, 0.05) is 19.5 Å². The van der Waals surface area contributed by atoms with Gasteiger partial charge >= 0.3 is 0 Å². The van der Waals surface area contributed by atoms with Gasteiger partial charge in [0.25, 0.3) is 5.95 Å². The van der Waals surface area contributed by atoms with Crippen LogP contribution in [0.25, 0.3) is 0 Å². The Morgan fingerprint density at radius 2 is 1.94 bits per heavy atom. The van der Waals surface area contributed by atoms with E-state index in [1.54, 1.807) is 0 Å². The zero-order chi connectivity index (χ0) is 12.4. The number of nitrogens with zero attached hydrogens (tertiary/aromatic N) is 3. The summed E-state index contributed by atoms with van der Waals surface area (Å²) in [6.45, 7) is 2.00. The molecule has 3 rings (SSSR count). The monoisotopic (exact) mass is 249 g/mol. The second-order valence-corrected chi connectivity index (χ2v) is 5.25. The topological polar surface area (TPSA) is 59.2 Å². The summed E-state index contributed by atoms with van der Waals surface area (Å²) in [5.74, 6) is 1.31. The van der Waals surface area contributed by atoms with Gasteiger partial charge in [0.05, 0.1) is 5.92 Å². The number of carbonyl (C=O) groups is 1. The average Bonchev–Trinajstić information content (AvgIpc) is 2.90. The molecule has 5 heteroatoms. The standard InChI is InChI=1S/C13H19N3O2/c17-11-7-3-2-6-10(11)12-14-13(15-18-12)16-8-4-1-5-9-16/h10H,1-9H2. The molecule has 1 aliphatic heterocycles. The summed E-state index contributed by atoms with van der Waals surface area (Å²) in [6, 6.07) is 0. The third kappa shape index (κ3) is 2.26. The van der Waals surface area contributed by atoms with Crippen LogP contribution in [-0.2, 0) is 4.79 Å². The van der Waals surface area contributed by atoms with Crippen LogP contribution < -0.4 is 4.90 Å². The number of rotatable bonds is 2. The smallest absolute Gasteiger partial charge is 0.266 e. The number of hydrogen-bond donors (Lipinski definition) is 0. The Hall–Kier alpha value is -1.39. The third-order valence-electron chi connectivity index (χ3n) is 3.92. The van der Waals surface area contributed by atoms with Crippen LogP contribution in [0.1, 0.15) is 56.8 Å². The van der Waals surface area contributed by atoms with Crippen molar-refractivity contribution in [2.24, 2.45) is 0 Å². The molecule has 18 heavy (non-hydrogen) atoms. The van der Waals surface area contributed by atoms with E-state index in [1.807, 2.05) is 0 Å². The molecule has 1 aliphatic carbocycles. The highest BCUT2D eigenvalue weighted by Crippen LogP contribution is 2.30. The maximum absolute atomic E-state index is 11.8. The van der Waals surface area contributed by atoms with Gasteiger partial charge in [-0.05, 0) is 37.3 Å². The summed E-state index contributed by atoms with van der Waals surface area (Å²) in [6.07, 6.45) is 7.26. The van der Waals surface area contributed by atoms with Crippen LogP contribution in [0, 0.1) is 0 Å². The van der Waals surface area contributed by atoms with Crippen molar-refractivity contribution >= 4 is 11.7 Å². The van der Waals surface area contributed by atoms with Gasteiger partial charge in [-0.2, -0.15) is 4.98 Å². The van der Waals surface area contributed by atoms with Crippen LogP contribution >= 0.6 is 0 Å². The summed E-state index contributed by atoms with van der Waals surface area (Å²) in [7, 11) is 0. The van der Waals surface area contributed by atoms with Gasteiger partial charge in [-0.3, -0.25) is 4.79 Å². The molecule has 0 amide bonds. The van der Waals surface area contributed by atoms with E-state index in [0.717, 1.165) is 32.4 Å². The second kappa shape index (κ2) is 5.08. The number of ketones is 1. The number of aromatic nitrogens is 2. The first-order chi connectivity index (χ1) is 8.84.